The number of amides is 2. The van der Waals surface area contributed by atoms with E-state index in [0.29, 0.717) is 107 Å². The maximum absolute atomic E-state index is 14.1. The van der Waals surface area contributed by atoms with Gasteiger partial charge in [-0.25, -0.2) is 19.7 Å². The summed E-state index contributed by atoms with van der Waals surface area (Å²) in [6, 6.07) is 9.25. The lowest BCUT2D eigenvalue weighted by Gasteiger charge is -2.43. The number of aromatic nitrogens is 3. The van der Waals surface area contributed by atoms with Crippen LogP contribution in [0.15, 0.2) is 42.6 Å². The van der Waals surface area contributed by atoms with Gasteiger partial charge in [0.2, 0.25) is 11.8 Å². The maximum Gasteiger partial charge on any atom is 0.434 e. The van der Waals surface area contributed by atoms with Crippen LogP contribution in [0.1, 0.15) is 55.4 Å². The molecular formula is C40H56F3N7O9. The molecule has 4 rings (SSSR count). The predicted molar refractivity (Wildman–Crippen MR) is 212 cm³/mol. The van der Waals surface area contributed by atoms with E-state index in [1.54, 1.807) is 25.3 Å². The first-order valence-corrected chi connectivity index (χ1v) is 19.9. The van der Waals surface area contributed by atoms with Gasteiger partial charge in [-0.2, -0.15) is 13.2 Å². The minimum absolute atomic E-state index is 0.0779. The van der Waals surface area contributed by atoms with E-state index in [2.05, 4.69) is 9.97 Å². The van der Waals surface area contributed by atoms with Crippen LogP contribution in [0.2, 0.25) is 0 Å². The number of halogens is 3. The molecule has 1 aliphatic rings. The monoisotopic (exact) mass is 835 g/mol. The van der Waals surface area contributed by atoms with Crippen LogP contribution in [-0.2, 0) is 31.7 Å². The van der Waals surface area contributed by atoms with Crippen molar-refractivity contribution in [2.75, 3.05) is 104 Å². The van der Waals surface area contributed by atoms with Crippen molar-refractivity contribution in [1.29, 1.82) is 0 Å². The third-order valence-corrected chi connectivity index (χ3v) is 9.20. The van der Waals surface area contributed by atoms with Gasteiger partial charge in [-0.1, -0.05) is 6.92 Å². The SMILES string of the molecule is CCOc1ccc(C(=O)N2CCN(c3ccc(-c4cccnc4OCC)nc3CN(CCCOCCOCCOCCOCCN)C(=O)O)[C@H](CC)C2)c(C(F)(F)F)n1. The Hall–Kier alpha value is -4.82. The molecule has 59 heavy (non-hydrogen) atoms. The first-order chi connectivity index (χ1) is 28.5. The van der Waals surface area contributed by atoms with Gasteiger partial charge in [-0.15, -0.1) is 0 Å². The van der Waals surface area contributed by atoms with Crippen molar-refractivity contribution in [2.24, 2.45) is 5.73 Å². The second kappa shape index (κ2) is 24.3. The molecule has 0 unspecified atom stereocenters. The van der Waals surface area contributed by atoms with Crippen LogP contribution in [0.25, 0.3) is 11.3 Å². The molecule has 1 aliphatic heterocycles. The van der Waals surface area contributed by atoms with Gasteiger partial charge in [0.05, 0.1) is 94.2 Å². The van der Waals surface area contributed by atoms with Gasteiger partial charge in [-0.05, 0) is 57.0 Å². The van der Waals surface area contributed by atoms with Crippen molar-refractivity contribution in [3.05, 3.63) is 59.5 Å². The average Bonchev–Trinajstić information content (AvgIpc) is 3.23. The second-order valence-corrected chi connectivity index (χ2v) is 13.2. The van der Waals surface area contributed by atoms with Crippen LogP contribution in [0.4, 0.5) is 23.7 Å². The summed E-state index contributed by atoms with van der Waals surface area (Å²) in [4.78, 5) is 43.9. The largest absolute Gasteiger partial charge is 0.478 e. The maximum atomic E-state index is 14.1. The second-order valence-electron chi connectivity index (χ2n) is 13.2. The van der Waals surface area contributed by atoms with Crippen molar-refractivity contribution >= 4 is 17.7 Å². The van der Waals surface area contributed by atoms with Crippen molar-refractivity contribution in [2.45, 2.75) is 52.4 Å². The highest BCUT2D eigenvalue weighted by molar-refractivity contribution is 5.95. The number of pyridine rings is 3. The summed E-state index contributed by atoms with van der Waals surface area (Å²) < 4.78 is 75.1. The van der Waals surface area contributed by atoms with Gasteiger partial charge in [-0.3, -0.25) is 4.79 Å². The molecule has 0 bridgehead atoms. The number of carboxylic acid groups (broad SMARTS) is 1. The first kappa shape index (κ1) is 46.9. The smallest absolute Gasteiger partial charge is 0.434 e. The van der Waals surface area contributed by atoms with Crippen molar-refractivity contribution in [1.82, 2.24) is 24.8 Å². The lowest BCUT2D eigenvalue weighted by atomic mass is 10.0. The van der Waals surface area contributed by atoms with E-state index in [4.69, 9.17) is 39.1 Å². The van der Waals surface area contributed by atoms with Gasteiger partial charge in [0, 0.05) is 57.6 Å². The fraction of sp³-hybridized carbons (Fsp3) is 0.575. The number of nitrogens with zero attached hydrogens (tertiary/aromatic N) is 6. The summed E-state index contributed by atoms with van der Waals surface area (Å²) in [5, 5.41) is 10.3. The lowest BCUT2D eigenvalue weighted by molar-refractivity contribution is -0.141. The summed E-state index contributed by atoms with van der Waals surface area (Å²) in [6.07, 6.45) is -3.49. The molecular weight excluding hydrogens is 779 g/mol. The molecule has 3 aromatic heterocycles. The fourth-order valence-electron chi connectivity index (χ4n) is 6.42. The average molecular weight is 836 g/mol. The third-order valence-electron chi connectivity index (χ3n) is 9.20. The Bertz CT molecular complexity index is 1760. The molecule has 0 saturated carbocycles. The van der Waals surface area contributed by atoms with Crippen molar-refractivity contribution < 1.29 is 56.3 Å². The number of anilines is 1. The molecule has 0 radical (unpaired) electrons. The lowest BCUT2D eigenvalue weighted by Crippen LogP contribution is -2.55. The molecule has 1 saturated heterocycles. The molecule has 2 amide bonds. The normalized spacial score (nSPS) is 14.4. The number of alkyl halides is 3. The number of nitrogens with two attached hydrogens (primary N) is 1. The summed E-state index contributed by atoms with van der Waals surface area (Å²) in [5.41, 5.74) is 5.74. The van der Waals surface area contributed by atoms with E-state index in [1.165, 1.54) is 15.9 Å². The zero-order valence-electron chi connectivity index (χ0n) is 34.0. The minimum Gasteiger partial charge on any atom is -0.478 e. The molecule has 4 heterocycles. The van der Waals surface area contributed by atoms with Crippen LogP contribution in [-0.4, -0.2) is 147 Å². The Labute approximate surface area is 342 Å². The molecule has 19 heteroatoms. The number of carbonyl (C=O) groups is 2. The van der Waals surface area contributed by atoms with Gasteiger partial charge in [0.25, 0.3) is 5.91 Å². The van der Waals surface area contributed by atoms with E-state index in [0.717, 1.165) is 6.07 Å². The van der Waals surface area contributed by atoms with E-state index >= 15 is 0 Å². The topological polar surface area (TPSA) is 184 Å². The van der Waals surface area contributed by atoms with Crippen LogP contribution in [0.3, 0.4) is 0 Å². The minimum atomic E-state index is -4.88. The highest BCUT2D eigenvalue weighted by Gasteiger charge is 2.40. The molecule has 3 N–H and O–H groups in total. The standard InChI is InChI=1S/C40H56F3N7O9/c1-4-29-27-48(38(51)31-10-13-35(58-5-2)47-36(31)40(41,42)43)17-18-50(29)34-12-11-32(30-9-7-15-45-37(30)59-6-3)46-33(34)28-49(39(52)53)16-8-19-54-21-23-56-25-26-57-24-22-55-20-14-44/h7,9-13,15,29H,4-6,8,14,16-28,44H2,1-3H3,(H,52,53)/t29-/m1/s1. The Morgan fingerprint density at radius 1 is 0.881 bits per heavy atom. The highest BCUT2D eigenvalue weighted by Crippen LogP contribution is 2.35. The number of piperazine rings is 1. The Morgan fingerprint density at radius 2 is 1.56 bits per heavy atom. The Balaban J connectivity index is 1.47. The summed E-state index contributed by atoms with van der Waals surface area (Å²) >= 11 is 0. The molecule has 16 nitrogen and oxygen atoms in total. The van der Waals surface area contributed by atoms with E-state index in [1.807, 2.05) is 30.9 Å². The predicted octanol–water partition coefficient (Wildman–Crippen LogP) is 4.99. The Kier molecular flexibility index (Phi) is 19.3. The fourth-order valence-corrected chi connectivity index (χ4v) is 6.42. The molecule has 0 aliphatic carbocycles. The third kappa shape index (κ3) is 14.2. The first-order valence-electron chi connectivity index (χ1n) is 19.9. The summed E-state index contributed by atoms with van der Waals surface area (Å²) in [6.45, 7) is 10.1. The molecule has 0 spiro atoms. The number of carbonyl (C=O) groups excluding carboxylic acids is 1. The van der Waals surface area contributed by atoms with E-state index in [-0.39, 0.29) is 51.3 Å². The van der Waals surface area contributed by atoms with E-state index in [9.17, 15) is 27.9 Å². The highest BCUT2D eigenvalue weighted by atomic mass is 19.4. The van der Waals surface area contributed by atoms with Crippen molar-refractivity contribution in [3.63, 3.8) is 0 Å². The molecule has 0 aromatic carbocycles. The van der Waals surface area contributed by atoms with Crippen molar-refractivity contribution in [3.8, 4) is 23.0 Å². The number of hydrogen-bond donors (Lipinski definition) is 2. The number of hydrogen-bond acceptors (Lipinski definition) is 13. The van der Waals surface area contributed by atoms with Gasteiger partial charge in [0.1, 0.15) is 0 Å². The van der Waals surface area contributed by atoms with Crippen LogP contribution in [0, 0.1) is 0 Å². The molecule has 1 fully saturated rings. The molecule has 1 atom stereocenters. The van der Waals surface area contributed by atoms with Crippen LogP contribution >= 0.6 is 0 Å². The zero-order valence-corrected chi connectivity index (χ0v) is 34.0. The molecule has 326 valence electrons. The van der Waals surface area contributed by atoms with Crippen LogP contribution in [0.5, 0.6) is 11.8 Å². The summed E-state index contributed by atoms with van der Waals surface area (Å²) in [7, 11) is 0. The van der Waals surface area contributed by atoms with Gasteiger partial charge in [0.15, 0.2) is 5.69 Å². The zero-order chi connectivity index (χ0) is 42.6. The number of ether oxygens (including phenoxy) is 6. The number of rotatable bonds is 25. The van der Waals surface area contributed by atoms with E-state index < -0.39 is 29.4 Å². The summed E-state index contributed by atoms with van der Waals surface area (Å²) in [5.74, 6) is -0.638. The molecule has 3 aromatic rings. The van der Waals surface area contributed by atoms with Crippen LogP contribution < -0.4 is 20.1 Å². The quantitative estimate of drug-likeness (QED) is 0.109. The Morgan fingerprint density at radius 3 is 2.19 bits per heavy atom. The van der Waals surface area contributed by atoms with Gasteiger partial charge >= 0.3 is 12.3 Å². The van der Waals surface area contributed by atoms with Gasteiger partial charge < -0.3 is 54.0 Å².